The second-order valence-corrected chi connectivity index (χ2v) is 4.92. The van der Waals surface area contributed by atoms with E-state index in [0.717, 1.165) is 34.2 Å². The average Bonchev–Trinajstić information content (AvgIpc) is 2.81. The Balaban J connectivity index is 1.90. The van der Waals surface area contributed by atoms with Crippen LogP contribution in [0.2, 0.25) is 0 Å². The quantitative estimate of drug-likeness (QED) is 0.717. The topological polar surface area (TPSA) is 36.0 Å². The van der Waals surface area contributed by atoms with Gasteiger partial charge < -0.3 is 10.1 Å². The van der Waals surface area contributed by atoms with Gasteiger partial charge in [-0.15, -0.1) is 0 Å². The summed E-state index contributed by atoms with van der Waals surface area (Å²) >= 11 is 0. The number of alkyl halides is 3. The first-order valence-corrected chi connectivity index (χ1v) is 6.38. The Morgan fingerprint density at radius 1 is 1.00 bits per heavy atom. The van der Waals surface area contributed by atoms with Crippen LogP contribution in [0.25, 0.3) is 10.9 Å². The lowest BCUT2D eigenvalue weighted by Gasteiger charge is -2.07. The number of aromatic hydroxyl groups is 1. The van der Waals surface area contributed by atoms with E-state index in [1.54, 1.807) is 18.2 Å². The van der Waals surface area contributed by atoms with E-state index in [9.17, 15) is 18.3 Å². The van der Waals surface area contributed by atoms with Crippen LogP contribution >= 0.6 is 0 Å². The second kappa shape index (κ2) is 4.84. The Hall–Kier alpha value is -2.43. The van der Waals surface area contributed by atoms with Crippen molar-refractivity contribution in [2.75, 3.05) is 0 Å². The molecule has 0 aliphatic heterocycles. The monoisotopic (exact) mass is 291 g/mol. The normalized spacial score (nSPS) is 12.0. The Bertz CT molecular complexity index is 772. The molecule has 0 radical (unpaired) electrons. The highest BCUT2D eigenvalue weighted by Gasteiger charge is 2.29. The summed E-state index contributed by atoms with van der Waals surface area (Å²) in [5.41, 5.74) is 1.95. The van der Waals surface area contributed by atoms with Crippen molar-refractivity contribution in [1.29, 1.82) is 0 Å². The molecule has 0 atom stereocenters. The van der Waals surface area contributed by atoms with E-state index in [2.05, 4.69) is 4.98 Å². The number of hydrogen-bond acceptors (Lipinski definition) is 1. The van der Waals surface area contributed by atoms with Crippen LogP contribution in [-0.4, -0.2) is 10.1 Å². The summed E-state index contributed by atoms with van der Waals surface area (Å²) in [5.74, 6) is 0.163. The van der Waals surface area contributed by atoms with Crippen LogP contribution < -0.4 is 0 Å². The summed E-state index contributed by atoms with van der Waals surface area (Å²) in [5, 5.41) is 10.4. The Morgan fingerprint density at radius 3 is 2.38 bits per heavy atom. The number of nitrogens with one attached hydrogen (secondary N) is 1. The van der Waals surface area contributed by atoms with Gasteiger partial charge in [-0.1, -0.05) is 12.1 Å². The SMILES string of the molecule is Oc1ccc2[nH]cc(Cc3ccc(C(F)(F)F)cc3)c2c1. The van der Waals surface area contributed by atoms with Gasteiger partial charge in [0.15, 0.2) is 0 Å². The Labute approximate surface area is 118 Å². The highest BCUT2D eigenvalue weighted by molar-refractivity contribution is 5.84. The van der Waals surface area contributed by atoms with Gasteiger partial charge in [0.1, 0.15) is 5.75 Å². The molecule has 1 heterocycles. The predicted molar refractivity (Wildman–Crippen MR) is 74.2 cm³/mol. The molecular formula is C16H12F3NO. The predicted octanol–water partition coefficient (Wildman–Crippen LogP) is 4.48. The van der Waals surface area contributed by atoms with E-state index in [1.807, 2.05) is 6.20 Å². The van der Waals surface area contributed by atoms with Crippen LogP contribution in [0.5, 0.6) is 5.75 Å². The maximum absolute atomic E-state index is 12.5. The van der Waals surface area contributed by atoms with Crippen LogP contribution in [-0.2, 0) is 12.6 Å². The van der Waals surface area contributed by atoms with Crippen LogP contribution in [0.3, 0.4) is 0 Å². The molecule has 0 spiro atoms. The number of halogens is 3. The summed E-state index contributed by atoms with van der Waals surface area (Å²) in [6, 6.07) is 10.1. The molecule has 0 fully saturated rings. The number of aromatic amines is 1. The molecule has 2 N–H and O–H groups in total. The van der Waals surface area contributed by atoms with Crippen molar-refractivity contribution >= 4 is 10.9 Å². The first-order valence-electron chi connectivity index (χ1n) is 6.38. The number of benzene rings is 2. The van der Waals surface area contributed by atoms with Gasteiger partial charge in [0, 0.05) is 17.1 Å². The summed E-state index contributed by atoms with van der Waals surface area (Å²) in [6.45, 7) is 0. The van der Waals surface area contributed by atoms with Crippen molar-refractivity contribution < 1.29 is 18.3 Å². The minimum atomic E-state index is -4.31. The maximum Gasteiger partial charge on any atom is 0.416 e. The molecule has 0 saturated heterocycles. The van der Waals surface area contributed by atoms with Gasteiger partial charge in [-0.05, 0) is 47.9 Å². The lowest BCUT2D eigenvalue weighted by molar-refractivity contribution is -0.137. The fraction of sp³-hybridized carbons (Fsp3) is 0.125. The van der Waals surface area contributed by atoms with Gasteiger partial charge in [0.2, 0.25) is 0 Å². The fourth-order valence-electron chi connectivity index (χ4n) is 2.34. The molecule has 0 amide bonds. The standard InChI is InChI=1S/C16H12F3NO/c17-16(18,19)12-3-1-10(2-4-12)7-11-9-20-15-6-5-13(21)8-14(11)15/h1-6,8-9,20-21H,7H2. The maximum atomic E-state index is 12.5. The molecule has 0 aliphatic rings. The van der Waals surface area contributed by atoms with Gasteiger partial charge in [-0.3, -0.25) is 0 Å². The van der Waals surface area contributed by atoms with Gasteiger partial charge in [0.05, 0.1) is 5.56 Å². The van der Waals surface area contributed by atoms with Crippen molar-refractivity contribution in [3.63, 3.8) is 0 Å². The third kappa shape index (κ3) is 2.72. The number of fused-ring (bicyclic) bond motifs is 1. The molecular weight excluding hydrogens is 279 g/mol. The molecule has 2 nitrogen and oxygen atoms in total. The van der Waals surface area contributed by atoms with Crippen molar-refractivity contribution in [3.05, 3.63) is 65.4 Å². The highest BCUT2D eigenvalue weighted by atomic mass is 19.4. The van der Waals surface area contributed by atoms with Crippen LogP contribution in [0, 0.1) is 0 Å². The van der Waals surface area contributed by atoms with Crippen molar-refractivity contribution in [3.8, 4) is 5.75 Å². The van der Waals surface area contributed by atoms with Crippen molar-refractivity contribution in [2.24, 2.45) is 0 Å². The zero-order chi connectivity index (χ0) is 15.0. The Morgan fingerprint density at radius 2 is 1.71 bits per heavy atom. The lowest BCUT2D eigenvalue weighted by atomic mass is 10.0. The van der Waals surface area contributed by atoms with Crippen molar-refractivity contribution in [1.82, 2.24) is 4.98 Å². The molecule has 0 bridgehead atoms. The van der Waals surface area contributed by atoms with E-state index in [0.29, 0.717) is 6.42 Å². The number of hydrogen-bond donors (Lipinski definition) is 2. The zero-order valence-electron chi connectivity index (χ0n) is 10.9. The second-order valence-electron chi connectivity index (χ2n) is 4.92. The minimum Gasteiger partial charge on any atom is -0.508 e. The van der Waals surface area contributed by atoms with Gasteiger partial charge >= 0.3 is 6.18 Å². The summed E-state index contributed by atoms with van der Waals surface area (Å²) in [6.07, 6.45) is -2.01. The average molecular weight is 291 g/mol. The van der Waals surface area contributed by atoms with Crippen LogP contribution in [0.1, 0.15) is 16.7 Å². The summed E-state index contributed by atoms with van der Waals surface area (Å²) in [7, 11) is 0. The number of rotatable bonds is 2. The number of H-pyrrole nitrogens is 1. The van der Waals surface area contributed by atoms with E-state index >= 15 is 0 Å². The third-order valence-electron chi connectivity index (χ3n) is 3.43. The van der Waals surface area contributed by atoms with E-state index in [4.69, 9.17) is 0 Å². The molecule has 21 heavy (non-hydrogen) atoms. The van der Waals surface area contributed by atoms with E-state index in [1.165, 1.54) is 12.1 Å². The molecule has 3 aromatic rings. The first-order chi connectivity index (χ1) is 9.93. The molecule has 2 aromatic carbocycles. The first kappa shape index (κ1) is 13.5. The van der Waals surface area contributed by atoms with Gasteiger partial charge in [-0.25, -0.2) is 0 Å². The van der Waals surface area contributed by atoms with Crippen LogP contribution in [0.4, 0.5) is 13.2 Å². The molecule has 1 aromatic heterocycles. The molecule has 0 aliphatic carbocycles. The lowest BCUT2D eigenvalue weighted by Crippen LogP contribution is -2.04. The molecule has 108 valence electrons. The largest absolute Gasteiger partial charge is 0.508 e. The summed E-state index contributed by atoms with van der Waals surface area (Å²) in [4.78, 5) is 3.08. The smallest absolute Gasteiger partial charge is 0.416 e. The van der Waals surface area contributed by atoms with Crippen molar-refractivity contribution in [2.45, 2.75) is 12.6 Å². The van der Waals surface area contributed by atoms with Crippen LogP contribution in [0.15, 0.2) is 48.7 Å². The van der Waals surface area contributed by atoms with E-state index < -0.39 is 11.7 Å². The van der Waals surface area contributed by atoms with Gasteiger partial charge in [0.25, 0.3) is 0 Å². The zero-order valence-corrected chi connectivity index (χ0v) is 10.9. The number of aromatic nitrogens is 1. The molecule has 5 heteroatoms. The molecule has 3 rings (SSSR count). The highest BCUT2D eigenvalue weighted by Crippen LogP contribution is 2.30. The number of phenols is 1. The minimum absolute atomic E-state index is 0.163. The van der Waals surface area contributed by atoms with E-state index in [-0.39, 0.29) is 5.75 Å². The fourth-order valence-corrected chi connectivity index (χ4v) is 2.34. The molecule has 0 saturated carbocycles. The number of phenolic OH excluding ortho intramolecular Hbond substituents is 1. The third-order valence-corrected chi connectivity index (χ3v) is 3.43. The molecule has 0 unspecified atom stereocenters. The van der Waals surface area contributed by atoms with Gasteiger partial charge in [-0.2, -0.15) is 13.2 Å². The Kier molecular flexibility index (Phi) is 3.12. The summed E-state index contributed by atoms with van der Waals surface area (Å²) < 4.78 is 37.6.